The van der Waals surface area contributed by atoms with E-state index in [4.69, 9.17) is 4.42 Å². The molecule has 0 spiro atoms. The van der Waals surface area contributed by atoms with Gasteiger partial charge in [0.2, 0.25) is 5.91 Å². The zero-order valence-corrected chi connectivity index (χ0v) is 12.4. The van der Waals surface area contributed by atoms with Crippen LogP contribution < -0.4 is 5.32 Å². The lowest BCUT2D eigenvalue weighted by Gasteiger charge is -2.31. The molecule has 0 saturated carbocycles. The first-order valence-electron chi connectivity index (χ1n) is 6.32. The maximum Gasteiger partial charge on any atom is 0.243 e. The average Bonchev–Trinajstić information content (AvgIpc) is 2.98. The molecular weight excluding hydrogens is 296 g/mol. The van der Waals surface area contributed by atoms with Gasteiger partial charge >= 0.3 is 0 Å². The standard InChI is InChI=1S/C13H19BrN2O2/c1-3-13(7-4-8-15-13)12(17)16(2)9-10-5-6-11(14)18-10/h5-6,15H,3-4,7-9H2,1-2H3. The van der Waals surface area contributed by atoms with Crippen molar-refractivity contribution in [2.75, 3.05) is 13.6 Å². The molecule has 5 heteroatoms. The minimum absolute atomic E-state index is 0.162. The Kier molecular flexibility index (Phi) is 4.12. The molecule has 1 fully saturated rings. The highest BCUT2D eigenvalue weighted by Crippen LogP contribution is 2.26. The van der Waals surface area contributed by atoms with Crippen LogP contribution in [0.4, 0.5) is 0 Å². The molecule has 1 saturated heterocycles. The van der Waals surface area contributed by atoms with Gasteiger partial charge in [0.25, 0.3) is 0 Å². The topological polar surface area (TPSA) is 45.5 Å². The fourth-order valence-corrected chi connectivity index (χ4v) is 2.89. The van der Waals surface area contributed by atoms with Gasteiger partial charge in [-0.1, -0.05) is 6.92 Å². The quantitative estimate of drug-likeness (QED) is 0.929. The van der Waals surface area contributed by atoms with E-state index in [-0.39, 0.29) is 11.4 Å². The Morgan fingerprint density at radius 3 is 2.89 bits per heavy atom. The van der Waals surface area contributed by atoms with Crippen LogP contribution in [0.5, 0.6) is 0 Å². The lowest BCUT2D eigenvalue weighted by Crippen LogP contribution is -2.53. The van der Waals surface area contributed by atoms with Gasteiger partial charge in [-0.3, -0.25) is 4.79 Å². The summed E-state index contributed by atoms with van der Waals surface area (Å²) in [6.07, 6.45) is 2.83. The zero-order chi connectivity index (χ0) is 13.2. The van der Waals surface area contributed by atoms with Crippen LogP contribution in [0.3, 0.4) is 0 Å². The Balaban J connectivity index is 2.04. The Labute approximate surface area is 116 Å². The fraction of sp³-hybridized carbons (Fsp3) is 0.615. The Morgan fingerprint density at radius 2 is 2.39 bits per heavy atom. The highest BCUT2D eigenvalue weighted by molar-refractivity contribution is 9.10. The summed E-state index contributed by atoms with van der Waals surface area (Å²) in [5.74, 6) is 0.956. The van der Waals surface area contributed by atoms with Crippen LogP contribution in [0.1, 0.15) is 31.9 Å². The summed E-state index contributed by atoms with van der Waals surface area (Å²) in [5.41, 5.74) is -0.363. The number of likely N-dealkylation sites (N-methyl/N-ethyl adjacent to an activating group) is 1. The van der Waals surface area contributed by atoms with Gasteiger partial charge in [0.05, 0.1) is 12.1 Å². The molecule has 1 unspecified atom stereocenters. The molecule has 1 aliphatic heterocycles. The highest BCUT2D eigenvalue weighted by Gasteiger charge is 2.40. The van der Waals surface area contributed by atoms with Crippen molar-refractivity contribution in [3.8, 4) is 0 Å². The number of hydrogen-bond donors (Lipinski definition) is 1. The molecule has 100 valence electrons. The predicted molar refractivity (Wildman–Crippen MR) is 73.1 cm³/mol. The van der Waals surface area contributed by atoms with Gasteiger partial charge in [0.1, 0.15) is 5.76 Å². The molecule has 0 aliphatic carbocycles. The van der Waals surface area contributed by atoms with Crippen LogP contribution >= 0.6 is 15.9 Å². The summed E-state index contributed by atoms with van der Waals surface area (Å²) in [6, 6.07) is 3.73. The van der Waals surface area contributed by atoms with Crippen molar-refractivity contribution in [2.24, 2.45) is 0 Å². The molecule has 1 aliphatic rings. The second-order valence-corrected chi connectivity index (χ2v) is 5.61. The number of carbonyl (C=O) groups excluding carboxylic acids is 1. The van der Waals surface area contributed by atoms with Crippen LogP contribution in [0.15, 0.2) is 21.2 Å². The van der Waals surface area contributed by atoms with Crippen LogP contribution in [0.2, 0.25) is 0 Å². The SMILES string of the molecule is CCC1(C(=O)N(C)Cc2ccc(Br)o2)CCCN1. The van der Waals surface area contributed by atoms with Gasteiger partial charge in [-0.25, -0.2) is 0 Å². The number of halogens is 1. The maximum atomic E-state index is 12.5. The lowest BCUT2D eigenvalue weighted by molar-refractivity contribution is -0.137. The molecule has 1 aromatic rings. The number of nitrogens with one attached hydrogen (secondary N) is 1. The maximum absolute atomic E-state index is 12.5. The second kappa shape index (κ2) is 5.45. The number of furan rings is 1. The third-order valence-electron chi connectivity index (χ3n) is 3.63. The van der Waals surface area contributed by atoms with Crippen molar-refractivity contribution in [3.05, 3.63) is 22.6 Å². The van der Waals surface area contributed by atoms with Crippen molar-refractivity contribution < 1.29 is 9.21 Å². The van der Waals surface area contributed by atoms with E-state index in [9.17, 15) is 4.79 Å². The minimum atomic E-state index is -0.363. The first-order chi connectivity index (χ1) is 8.57. The molecule has 4 nitrogen and oxygen atoms in total. The van der Waals surface area contributed by atoms with E-state index in [1.165, 1.54) is 0 Å². The van der Waals surface area contributed by atoms with Crippen molar-refractivity contribution in [3.63, 3.8) is 0 Å². The average molecular weight is 315 g/mol. The third kappa shape index (κ3) is 2.62. The van der Waals surface area contributed by atoms with Gasteiger partial charge in [0.15, 0.2) is 4.67 Å². The van der Waals surface area contributed by atoms with Gasteiger partial charge in [-0.15, -0.1) is 0 Å². The van der Waals surface area contributed by atoms with Gasteiger partial charge in [-0.2, -0.15) is 0 Å². The molecule has 2 heterocycles. The number of carbonyl (C=O) groups is 1. The number of nitrogens with zero attached hydrogens (tertiary/aromatic N) is 1. The van der Waals surface area contributed by atoms with E-state index >= 15 is 0 Å². The normalized spacial score (nSPS) is 23.3. The number of amides is 1. The van der Waals surface area contributed by atoms with Gasteiger partial charge < -0.3 is 14.6 Å². The Morgan fingerprint density at radius 1 is 1.61 bits per heavy atom. The fourth-order valence-electron chi connectivity index (χ4n) is 2.55. The molecule has 1 amide bonds. The smallest absolute Gasteiger partial charge is 0.243 e. The molecule has 1 aromatic heterocycles. The first-order valence-corrected chi connectivity index (χ1v) is 7.11. The van der Waals surface area contributed by atoms with Crippen molar-refractivity contribution >= 4 is 21.8 Å². The molecule has 0 aromatic carbocycles. The third-order valence-corrected chi connectivity index (χ3v) is 4.05. The van der Waals surface area contributed by atoms with E-state index in [0.717, 1.165) is 31.6 Å². The van der Waals surface area contributed by atoms with E-state index < -0.39 is 0 Å². The zero-order valence-electron chi connectivity index (χ0n) is 10.8. The molecule has 1 atom stereocenters. The van der Waals surface area contributed by atoms with E-state index in [0.29, 0.717) is 11.2 Å². The molecule has 0 radical (unpaired) electrons. The van der Waals surface area contributed by atoms with Gasteiger partial charge in [-0.05, 0) is 53.9 Å². The monoisotopic (exact) mass is 314 g/mol. The summed E-state index contributed by atoms with van der Waals surface area (Å²) >= 11 is 3.27. The van der Waals surface area contributed by atoms with Crippen molar-refractivity contribution in [1.82, 2.24) is 10.2 Å². The van der Waals surface area contributed by atoms with Crippen LogP contribution in [0.25, 0.3) is 0 Å². The van der Waals surface area contributed by atoms with Crippen molar-refractivity contribution in [1.29, 1.82) is 0 Å². The van der Waals surface area contributed by atoms with Crippen LogP contribution in [0, 0.1) is 0 Å². The summed E-state index contributed by atoms with van der Waals surface area (Å²) < 4.78 is 6.13. The second-order valence-electron chi connectivity index (χ2n) is 4.83. The molecule has 1 N–H and O–H groups in total. The van der Waals surface area contributed by atoms with Gasteiger partial charge in [0, 0.05) is 7.05 Å². The molecule has 0 bridgehead atoms. The summed E-state index contributed by atoms with van der Waals surface area (Å²) in [4.78, 5) is 14.3. The summed E-state index contributed by atoms with van der Waals surface area (Å²) in [5, 5.41) is 3.36. The predicted octanol–water partition coefficient (Wildman–Crippen LogP) is 2.53. The molecule has 18 heavy (non-hydrogen) atoms. The number of rotatable bonds is 4. The summed E-state index contributed by atoms with van der Waals surface area (Å²) in [7, 11) is 1.83. The Hall–Kier alpha value is -0.810. The number of hydrogen-bond acceptors (Lipinski definition) is 3. The van der Waals surface area contributed by atoms with Crippen LogP contribution in [-0.2, 0) is 11.3 Å². The van der Waals surface area contributed by atoms with E-state index in [2.05, 4.69) is 28.2 Å². The Bertz CT molecular complexity index is 424. The minimum Gasteiger partial charge on any atom is -0.452 e. The lowest BCUT2D eigenvalue weighted by atomic mass is 9.92. The molecular formula is C13H19BrN2O2. The van der Waals surface area contributed by atoms with Crippen molar-refractivity contribution in [2.45, 2.75) is 38.3 Å². The summed E-state index contributed by atoms with van der Waals surface area (Å²) in [6.45, 7) is 3.50. The van der Waals surface area contributed by atoms with Crippen LogP contribution in [-0.4, -0.2) is 29.9 Å². The van der Waals surface area contributed by atoms with E-state index in [1.54, 1.807) is 4.90 Å². The highest BCUT2D eigenvalue weighted by atomic mass is 79.9. The first kappa shape index (κ1) is 13.6. The molecule has 2 rings (SSSR count). The van der Waals surface area contributed by atoms with E-state index in [1.807, 2.05) is 19.2 Å². The largest absolute Gasteiger partial charge is 0.452 e.